The summed E-state index contributed by atoms with van der Waals surface area (Å²) in [4.78, 5) is 2.68. The Bertz CT molecular complexity index is 914. The molecule has 2 saturated carbocycles. The minimum atomic E-state index is 0.480. The fourth-order valence-electron chi connectivity index (χ4n) is 3.58. The molecule has 2 aliphatic carbocycles. The fraction of sp³-hybridized carbons (Fsp3) is 0.417. The summed E-state index contributed by atoms with van der Waals surface area (Å²) >= 11 is 12.1. The Morgan fingerprint density at radius 3 is 2.45 bits per heavy atom. The summed E-state index contributed by atoms with van der Waals surface area (Å²) in [6, 6.07) is 13.0. The Kier molecular flexibility index (Phi) is 6.67. The van der Waals surface area contributed by atoms with Crippen LogP contribution in [0.5, 0.6) is 11.5 Å². The molecule has 0 radical (unpaired) electrons. The Hall–Kier alpha value is -1.70. The molecule has 2 fully saturated rings. The Morgan fingerprint density at radius 1 is 1.03 bits per heavy atom. The third kappa shape index (κ3) is 5.68. The maximum atomic E-state index is 6.10. The summed E-state index contributed by atoms with van der Waals surface area (Å²) in [5.41, 5.74) is 2.07. The van der Waals surface area contributed by atoms with Gasteiger partial charge in [-0.05, 0) is 63.1 Å². The van der Waals surface area contributed by atoms with Gasteiger partial charge in [-0.1, -0.05) is 35.0 Å². The van der Waals surface area contributed by atoms with Gasteiger partial charge >= 0.3 is 0 Å². The molecule has 0 spiro atoms. The average molecular weight is 429 g/mol. The van der Waals surface area contributed by atoms with E-state index in [2.05, 4.69) is 28.1 Å². The minimum Gasteiger partial charge on any atom is -0.457 e. The van der Waals surface area contributed by atoms with Crippen LogP contribution in [0.25, 0.3) is 0 Å². The van der Waals surface area contributed by atoms with Gasteiger partial charge in [0, 0.05) is 48.8 Å². The lowest BCUT2D eigenvalue weighted by Crippen LogP contribution is -2.29. The zero-order valence-corrected chi connectivity index (χ0v) is 18.2. The summed E-state index contributed by atoms with van der Waals surface area (Å²) in [6.07, 6.45) is 6.42. The van der Waals surface area contributed by atoms with E-state index in [-0.39, 0.29) is 0 Å². The molecule has 0 aromatic heterocycles. The van der Waals surface area contributed by atoms with Crippen molar-refractivity contribution in [3.8, 4) is 23.3 Å². The molecule has 2 aliphatic rings. The maximum absolute atomic E-state index is 6.10. The van der Waals surface area contributed by atoms with E-state index >= 15 is 0 Å². The van der Waals surface area contributed by atoms with Crippen LogP contribution in [0.2, 0.25) is 10.0 Å². The first-order valence-electron chi connectivity index (χ1n) is 10.3. The molecule has 2 aromatic carbocycles. The predicted molar refractivity (Wildman–Crippen MR) is 120 cm³/mol. The molecule has 29 heavy (non-hydrogen) atoms. The van der Waals surface area contributed by atoms with E-state index in [1.807, 2.05) is 25.2 Å². The molecule has 0 aliphatic heterocycles. The lowest BCUT2D eigenvalue weighted by atomic mass is 10.1. The first-order valence-corrected chi connectivity index (χ1v) is 11.0. The third-order valence-electron chi connectivity index (χ3n) is 5.31. The highest BCUT2D eigenvalue weighted by Crippen LogP contribution is 2.37. The zero-order valence-electron chi connectivity index (χ0n) is 16.7. The van der Waals surface area contributed by atoms with Crippen molar-refractivity contribution in [1.82, 2.24) is 10.2 Å². The summed E-state index contributed by atoms with van der Waals surface area (Å²) < 4.78 is 6.04. The van der Waals surface area contributed by atoms with Gasteiger partial charge < -0.3 is 10.1 Å². The second kappa shape index (κ2) is 9.41. The molecule has 152 valence electrons. The largest absolute Gasteiger partial charge is 0.457 e. The van der Waals surface area contributed by atoms with E-state index in [9.17, 15) is 0 Å². The van der Waals surface area contributed by atoms with Crippen LogP contribution in [0.3, 0.4) is 0 Å². The molecule has 1 N–H and O–H groups in total. The van der Waals surface area contributed by atoms with Crippen molar-refractivity contribution in [2.24, 2.45) is 0 Å². The molecular formula is C24H26Cl2N2O. The Balaban J connectivity index is 1.42. The Labute approximate surface area is 183 Å². The van der Waals surface area contributed by atoms with Gasteiger partial charge in [-0.15, -0.1) is 0 Å². The van der Waals surface area contributed by atoms with Crippen LogP contribution in [-0.2, 0) is 6.54 Å². The van der Waals surface area contributed by atoms with Crippen molar-refractivity contribution >= 4 is 23.2 Å². The maximum Gasteiger partial charge on any atom is 0.132 e. The van der Waals surface area contributed by atoms with Gasteiger partial charge in [-0.25, -0.2) is 0 Å². The standard InChI is InChI=1S/C24H26Cl2N2O/c1-27-16-18-14-17(4-2-3-13-28(19-6-7-19)20-8-9-20)5-12-24(18)29-21-10-11-22(25)23(26)15-21/h5,10-12,14-15,19-20,27H,3,6-9,13,16H2,1H3. The number of nitrogens with zero attached hydrogens (tertiary/aromatic N) is 1. The van der Waals surface area contributed by atoms with E-state index in [4.69, 9.17) is 27.9 Å². The van der Waals surface area contributed by atoms with Crippen LogP contribution < -0.4 is 10.1 Å². The molecular weight excluding hydrogens is 403 g/mol. The lowest BCUT2D eigenvalue weighted by Gasteiger charge is -2.19. The number of rotatable bonds is 8. The zero-order chi connectivity index (χ0) is 20.2. The van der Waals surface area contributed by atoms with E-state index in [1.54, 1.807) is 12.1 Å². The summed E-state index contributed by atoms with van der Waals surface area (Å²) in [7, 11) is 1.92. The van der Waals surface area contributed by atoms with E-state index in [0.717, 1.165) is 41.9 Å². The highest BCUT2D eigenvalue weighted by atomic mass is 35.5. The smallest absolute Gasteiger partial charge is 0.132 e. The van der Waals surface area contributed by atoms with Crippen LogP contribution in [0, 0.1) is 11.8 Å². The second-order valence-corrected chi connectivity index (χ2v) is 8.60. The number of hydrogen-bond donors (Lipinski definition) is 1. The van der Waals surface area contributed by atoms with E-state index < -0.39 is 0 Å². The van der Waals surface area contributed by atoms with Crippen molar-refractivity contribution in [2.45, 2.75) is 50.7 Å². The van der Waals surface area contributed by atoms with Crippen LogP contribution in [-0.4, -0.2) is 30.6 Å². The van der Waals surface area contributed by atoms with Gasteiger partial charge in [-0.2, -0.15) is 0 Å². The molecule has 4 rings (SSSR count). The van der Waals surface area contributed by atoms with Gasteiger partial charge in [0.05, 0.1) is 10.0 Å². The van der Waals surface area contributed by atoms with Crippen LogP contribution >= 0.6 is 23.2 Å². The molecule has 0 atom stereocenters. The minimum absolute atomic E-state index is 0.480. The highest BCUT2D eigenvalue weighted by Gasteiger charge is 2.38. The van der Waals surface area contributed by atoms with Crippen LogP contribution in [0.1, 0.15) is 43.2 Å². The topological polar surface area (TPSA) is 24.5 Å². The normalized spacial score (nSPS) is 15.9. The molecule has 0 bridgehead atoms. The highest BCUT2D eigenvalue weighted by molar-refractivity contribution is 6.42. The lowest BCUT2D eigenvalue weighted by molar-refractivity contribution is 0.259. The van der Waals surface area contributed by atoms with Crippen LogP contribution in [0.4, 0.5) is 0 Å². The quantitative estimate of drug-likeness (QED) is 0.531. The summed E-state index contributed by atoms with van der Waals surface area (Å²) in [5, 5.41) is 4.19. The van der Waals surface area contributed by atoms with E-state index in [0.29, 0.717) is 22.3 Å². The fourth-order valence-corrected chi connectivity index (χ4v) is 3.87. The van der Waals surface area contributed by atoms with Gasteiger partial charge in [0.25, 0.3) is 0 Å². The molecule has 0 amide bonds. The van der Waals surface area contributed by atoms with Crippen molar-refractivity contribution in [3.63, 3.8) is 0 Å². The van der Waals surface area contributed by atoms with Gasteiger partial charge in [-0.3, -0.25) is 4.90 Å². The second-order valence-electron chi connectivity index (χ2n) is 7.78. The molecule has 5 heteroatoms. The van der Waals surface area contributed by atoms with Crippen molar-refractivity contribution in [3.05, 3.63) is 57.6 Å². The van der Waals surface area contributed by atoms with Gasteiger partial charge in [0.2, 0.25) is 0 Å². The number of ether oxygens (including phenoxy) is 1. The third-order valence-corrected chi connectivity index (χ3v) is 6.05. The SMILES string of the molecule is CNCc1cc(C#CCCN(C2CC2)C2CC2)ccc1Oc1ccc(Cl)c(Cl)c1. The monoisotopic (exact) mass is 428 g/mol. The first-order chi connectivity index (χ1) is 14.1. The molecule has 3 nitrogen and oxygen atoms in total. The molecule has 2 aromatic rings. The number of halogens is 2. The van der Waals surface area contributed by atoms with Gasteiger partial charge in [0.15, 0.2) is 0 Å². The van der Waals surface area contributed by atoms with E-state index in [1.165, 1.54) is 25.7 Å². The van der Waals surface area contributed by atoms with Crippen LogP contribution in [0.15, 0.2) is 36.4 Å². The number of hydrogen-bond acceptors (Lipinski definition) is 3. The predicted octanol–water partition coefficient (Wildman–Crippen LogP) is 5.87. The molecule has 0 saturated heterocycles. The summed E-state index contributed by atoms with van der Waals surface area (Å²) in [6.45, 7) is 1.80. The van der Waals surface area contributed by atoms with Crippen molar-refractivity contribution in [1.29, 1.82) is 0 Å². The van der Waals surface area contributed by atoms with Crippen molar-refractivity contribution in [2.75, 3.05) is 13.6 Å². The number of benzene rings is 2. The Morgan fingerprint density at radius 2 is 1.79 bits per heavy atom. The average Bonchev–Trinajstić information content (AvgIpc) is 3.61. The summed E-state index contributed by atoms with van der Waals surface area (Å²) in [5.74, 6) is 8.14. The molecule has 0 unspecified atom stereocenters. The van der Waals surface area contributed by atoms with Gasteiger partial charge in [0.1, 0.15) is 11.5 Å². The number of nitrogens with one attached hydrogen (secondary N) is 1. The molecule has 0 heterocycles. The van der Waals surface area contributed by atoms with Crippen molar-refractivity contribution < 1.29 is 4.74 Å². The first kappa shape index (κ1) is 20.6.